The number of allylic oxidation sites excluding steroid dienone is 3. The third-order valence-corrected chi connectivity index (χ3v) is 2.62. The Balaban J connectivity index is 4.52. The van der Waals surface area contributed by atoms with Crippen molar-refractivity contribution in [3.63, 3.8) is 0 Å². The highest BCUT2D eigenvalue weighted by atomic mass is 19.1. The van der Waals surface area contributed by atoms with Crippen LogP contribution in [0.3, 0.4) is 0 Å². The quantitative estimate of drug-likeness (QED) is 0.465. The standard InChI is InChI=1S/C16H24FNO2/c1-6-14(17)10-9-12(4)11-13(5)18-15(7-2)16(19)20-8-3/h7,10,12H,2,5-6,8-9,11H2,1,3-4H3/b14-10+,18-15?. The Kier molecular flexibility index (Phi) is 9.26. The monoisotopic (exact) mass is 281 g/mol. The van der Waals surface area contributed by atoms with Gasteiger partial charge in [0.1, 0.15) is 5.71 Å². The van der Waals surface area contributed by atoms with Gasteiger partial charge in [-0.25, -0.2) is 14.2 Å². The number of esters is 1. The van der Waals surface area contributed by atoms with E-state index >= 15 is 0 Å². The van der Waals surface area contributed by atoms with Gasteiger partial charge in [-0.15, -0.1) is 0 Å². The molecule has 4 heteroatoms. The van der Waals surface area contributed by atoms with Crippen LogP contribution < -0.4 is 0 Å². The first-order chi connectivity index (χ1) is 9.44. The molecular weight excluding hydrogens is 257 g/mol. The number of hydrogen-bond donors (Lipinski definition) is 0. The van der Waals surface area contributed by atoms with E-state index in [9.17, 15) is 9.18 Å². The molecule has 112 valence electrons. The van der Waals surface area contributed by atoms with Crippen LogP contribution in [0.1, 0.15) is 40.0 Å². The van der Waals surface area contributed by atoms with Crippen molar-refractivity contribution in [2.75, 3.05) is 6.61 Å². The average Bonchev–Trinajstić information content (AvgIpc) is 2.42. The molecule has 0 radical (unpaired) electrons. The van der Waals surface area contributed by atoms with Gasteiger partial charge in [-0.1, -0.05) is 33.1 Å². The van der Waals surface area contributed by atoms with Crippen molar-refractivity contribution in [2.45, 2.75) is 40.0 Å². The molecule has 0 spiro atoms. The minimum atomic E-state index is -0.506. The normalized spacial score (nSPS) is 13.8. The van der Waals surface area contributed by atoms with Gasteiger partial charge in [-0.05, 0) is 38.2 Å². The van der Waals surface area contributed by atoms with Gasteiger partial charge in [-0.3, -0.25) is 0 Å². The maximum Gasteiger partial charge on any atom is 0.356 e. The summed E-state index contributed by atoms with van der Waals surface area (Å²) >= 11 is 0. The molecule has 0 bridgehead atoms. The van der Waals surface area contributed by atoms with Crippen molar-refractivity contribution in [2.24, 2.45) is 10.9 Å². The number of rotatable bonds is 9. The molecule has 20 heavy (non-hydrogen) atoms. The van der Waals surface area contributed by atoms with Gasteiger partial charge in [0.05, 0.1) is 12.4 Å². The number of ether oxygens (including phenoxy) is 1. The molecule has 0 amide bonds. The summed E-state index contributed by atoms with van der Waals surface area (Å²) in [6.07, 6.45) is 4.56. The molecule has 0 aliphatic rings. The SMILES string of the molecule is C=CC(=NC(=C)CC(C)C/C=C(/F)CC)C(=O)OCC. The summed E-state index contributed by atoms with van der Waals surface area (Å²) < 4.78 is 17.9. The van der Waals surface area contributed by atoms with E-state index in [-0.39, 0.29) is 24.1 Å². The minimum Gasteiger partial charge on any atom is -0.461 e. The van der Waals surface area contributed by atoms with Crippen molar-refractivity contribution in [1.29, 1.82) is 0 Å². The Morgan fingerprint density at radius 1 is 1.45 bits per heavy atom. The molecule has 0 saturated heterocycles. The van der Waals surface area contributed by atoms with Crippen LogP contribution in [0.2, 0.25) is 0 Å². The molecule has 0 heterocycles. The fourth-order valence-electron chi connectivity index (χ4n) is 1.55. The second kappa shape index (κ2) is 10.1. The van der Waals surface area contributed by atoms with Gasteiger partial charge in [-0.2, -0.15) is 0 Å². The van der Waals surface area contributed by atoms with Gasteiger partial charge < -0.3 is 4.74 Å². The van der Waals surface area contributed by atoms with E-state index in [1.165, 1.54) is 6.08 Å². The fraction of sp³-hybridized carbons (Fsp3) is 0.500. The molecule has 0 aromatic heterocycles. The highest BCUT2D eigenvalue weighted by molar-refractivity contribution is 6.41. The lowest BCUT2D eigenvalue weighted by molar-refractivity contribution is -0.134. The lowest BCUT2D eigenvalue weighted by Gasteiger charge is -2.09. The smallest absolute Gasteiger partial charge is 0.356 e. The number of hydrogen-bond acceptors (Lipinski definition) is 3. The van der Waals surface area contributed by atoms with Crippen LogP contribution in [0.5, 0.6) is 0 Å². The summed E-state index contributed by atoms with van der Waals surface area (Å²) in [4.78, 5) is 15.6. The molecule has 0 aromatic carbocycles. The maximum absolute atomic E-state index is 13.0. The Hall–Kier alpha value is -1.71. The lowest BCUT2D eigenvalue weighted by atomic mass is 10.0. The molecule has 0 rings (SSSR count). The van der Waals surface area contributed by atoms with Crippen molar-refractivity contribution >= 4 is 11.7 Å². The number of carbonyl (C=O) groups is 1. The minimum absolute atomic E-state index is 0.107. The second-order valence-corrected chi connectivity index (χ2v) is 4.54. The first kappa shape index (κ1) is 18.3. The predicted molar refractivity (Wildman–Crippen MR) is 81.3 cm³/mol. The van der Waals surface area contributed by atoms with Crippen LogP contribution in [0, 0.1) is 5.92 Å². The Morgan fingerprint density at radius 2 is 2.10 bits per heavy atom. The van der Waals surface area contributed by atoms with Crippen molar-refractivity contribution < 1.29 is 13.9 Å². The molecular formula is C16H24FNO2. The number of carbonyl (C=O) groups excluding carboxylic acids is 1. The van der Waals surface area contributed by atoms with E-state index in [4.69, 9.17) is 4.74 Å². The van der Waals surface area contributed by atoms with Crippen LogP contribution in [0.25, 0.3) is 0 Å². The van der Waals surface area contributed by atoms with Crippen LogP contribution in [0.4, 0.5) is 4.39 Å². The first-order valence-corrected chi connectivity index (χ1v) is 6.85. The van der Waals surface area contributed by atoms with Gasteiger partial charge >= 0.3 is 5.97 Å². The number of halogens is 1. The number of aliphatic imine (C=N–C) groups is 1. The highest BCUT2D eigenvalue weighted by Crippen LogP contribution is 2.17. The first-order valence-electron chi connectivity index (χ1n) is 6.85. The second-order valence-electron chi connectivity index (χ2n) is 4.54. The molecule has 3 nitrogen and oxygen atoms in total. The van der Waals surface area contributed by atoms with E-state index in [2.05, 4.69) is 18.2 Å². The maximum atomic E-state index is 13.0. The van der Waals surface area contributed by atoms with Gasteiger partial charge in [0.2, 0.25) is 0 Å². The van der Waals surface area contributed by atoms with Crippen LogP contribution >= 0.6 is 0 Å². The van der Waals surface area contributed by atoms with Crippen molar-refractivity contribution in [3.05, 3.63) is 36.8 Å². The summed E-state index contributed by atoms with van der Waals surface area (Å²) in [5, 5.41) is 0. The predicted octanol–water partition coefficient (Wildman–Crippen LogP) is 4.37. The molecule has 1 unspecified atom stereocenters. The summed E-state index contributed by atoms with van der Waals surface area (Å²) in [5.41, 5.74) is 0.713. The molecule has 0 aliphatic heterocycles. The molecule has 1 atom stereocenters. The van der Waals surface area contributed by atoms with Crippen LogP contribution in [0.15, 0.2) is 41.8 Å². The topological polar surface area (TPSA) is 38.7 Å². The van der Waals surface area contributed by atoms with E-state index < -0.39 is 5.97 Å². The Bertz CT molecular complexity index is 411. The largest absolute Gasteiger partial charge is 0.461 e. The Labute approximate surface area is 120 Å². The average molecular weight is 281 g/mol. The Morgan fingerprint density at radius 3 is 2.60 bits per heavy atom. The zero-order valence-electron chi connectivity index (χ0n) is 12.6. The van der Waals surface area contributed by atoms with Crippen LogP contribution in [-0.4, -0.2) is 18.3 Å². The van der Waals surface area contributed by atoms with E-state index in [0.29, 0.717) is 25.0 Å². The van der Waals surface area contributed by atoms with Crippen molar-refractivity contribution in [3.8, 4) is 0 Å². The van der Waals surface area contributed by atoms with E-state index in [1.807, 2.05) is 6.92 Å². The molecule has 0 aromatic rings. The summed E-state index contributed by atoms with van der Waals surface area (Å²) in [6, 6.07) is 0. The van der Waals surface area contributed by atoms with Gasteiger partial charge in [0.15, 0.2) is 0 Å². The lowest BCUT2D eigenvalue weighted by Crippen LogP contribution is -2.15. The number of nitrogens with zero attached hydrogens (tertiary/aromatic N) is 1. The van der Waals surface area contributed by atoms with E-state index in [0.717, 1.165) is 0 Å². The molecule has 0 aliphatic carbocycles. The summed E-state index contributed by atoms with van der Waals surface area (Å²) in [5.74, 6) is -0.408. The van der Waals surface area contributed by atoms with E-state index in [1.54, 1.807) is 19.9 Å². The third-order valence-electron chi connectivity index (χ3n) is 2.62. The summed E-state index contributed by atoms with van der Waals surface area (Å²) in [7, 11) is 0. The van der Waals surface area contributed by atoms with Gasteiger partial charge in [0, 0.05) is 5.70 Å². The van der Waals surface area contributed by atoms with Crippen LogP contribution in [-0.2, 0) is 9.53 Å². The molecule has 0 saturated carbocycles. The zero-order valence-corrected chi connectivity index (χ0v) is 12.6. The highest BCUT2D eigenvalue weighted by Gasteiger charge is 2.10. The fourth-order valence-corrected chi connectivity index (χ4v) is 1.55. The molecule has 0 N–H and O–H groups in total. The van der Waals surface area contributed by atoms with Crippen molar-refractivity contribution in [1.82, 2.24) is 0 Å². The van der Waals surface area contributed by atoms with Gasteiger partial charge in [0.25, 0.3) is 0 Å². The third kappa shape index (κ3) is 7.67. The molecule has 0 fully saturated rings. The summed E-state index contributed by atoms with van der Waals surface area (Å²) in [6.45, 7) is 13.1. The zero-order chi connectivity index (χ0) is 15.5.